The first-order valence-electron chi connectivity index (χ1n) is 8.72. The fourth-order valence-electron chi connectivity index (χ4n) is 2.83. The van der Waals surface area contributed by atoms with Gasteiger partial charge in [-0.2, -0.15) is 0 Å². The van der Waals surface area contributed by atoms with Gasteiger partial charge >= 0.3 is 6.03 Å². The first kappa shape index (κ1) is 19.6. The van der Waals surface area contributed by atoms with Gasteiger partial charge in [0.15, 0.2) is 0 Å². The van der Waals surface area contributed by atoms with Crippen molar-refractivity contribution in [2.24, 2.45) is 0 Å². The predicted molar refractivity (Wildman–Crippen MR) is 102 cm³/mol. The van der Waals surface area contributed by atoms with Gasteiger partial charge in [-0.05, 0) is 13.8 Å². The summed E-state index contributed by atoms with van der Waals surface area (Å²) in [7, 11) is -0.912. The van der Waals surface area contributed by atoms with E-state index in [1.807, 2.05) is 24.8 Å². The second-order valence-corrected chi connectivity index (χ2v) is 8.42. The normalized spacial score (nSPS) is 17.5. The van der Waals surface area contributed by atoms with Crippen LogP contribution in [-0.4, -0.2) is 69.3 Å². The summed E-state index contributed by atoms with van der Waals surface area (Å²) in [4.78, 5) is 25.5. The Morgan fingerprint density at radius 2 is 1.88 bits per heavy atom. The third-order valence-corrected chi connectivity index (χ3v) is 5.09. The molecule has 2 rings (SSSR count). The molecule has 0 radical (unpaired) electrons. The molecule has 1 aliphatic rings. The summed E-state index contributed by atoms with van der Waals surface area (Å²) < 4.78 is 11.2. The lowest BCUT2D eigenvalue weighted by molar-refractivity contribution is 0.192. The predicted octanol–water partition coefficient (Wildman–Crippen LogP) is 1.51. The first-order valence-corrected chi connectivity index (χ1v) is 10.4. The number of amides is 2. The zero-order chi connectivity index (χ0) is 18.6. The van der Waals surface area contributed by atoms with Crippen LogP contribution in [-0.2, 0) is 10.8 Å². The molecule has 1 aromatic rings. The number of piperazine rings is 1. The van der Waals surface area contributed by atoms with E-state index >= 15 is 0 Å². The Bertz CT molecular complexity index is 629. The third kappa shape index (κ3) is 5.66. The fraction of sp³-hybridized carbons (Fsp3) is 0.706. The molecule has 1 fully saturated rings. The van der Waals surface area contributed by atoms with Gasteiger partial charge in [0.2, 0.25) is 0 Å². The first-order chi connectivity index (χ1) is 11.8. The molecule has 0 saturated carbocycles. The van der Waals surface area contributed by atoms with Gasteiger partial charge in [0.25, 0.3) is 0 Å². The largest absolute Gasteiger partial charge is 0.353 e. The van der Waals surface area contributed by atoms with E-state index < -0.39 is 10.8 Å². The lowest BCUT2D eigenvalue weighted by atomic mass is 10.2. The van der Waals surface area contributed by atoms with E-state index in [1.54, 1.807) is 6.26 Å². The van der Waals surface area contributed by atoms with Gasteiger partial charge < -0.3 is 15.1 Å². The van der Waals surface area contributed by atoms with Crippen LogP contribution in [0.3, 0.4) is 0 Å². The Morgan fingerprint density at radius 3 is 2.44 bits per heavy atom. The molecule has 2 atom stereocenters. The molecule has 25 heavy (non-hydrogen) atoms. The number of urea groups is 1. The number of hydrogen-bond donors (Lipinski definition) is 1. The number of anilines is 1. The van der Waals surface area contributed by atoms with Crippen LogP contribution < -0.4 is 10.2 Å². The van der Waals surface area contributed by atoms with Crippen molar-refractivity contribution in [3.05, 3.63) is 17.6 Å². The highest BCUT2D eigenvalue weighted by atomic mass is 32.2. The van der Waals surface area contributed by atoms with Gasteiger partial charge in [-0.3, -0.25) is 4.21 Å². The summed E-state index contributed by atoms with van der Waals surface area (Å²) in [6, 6.07) is 1.83. The molecule has 7 nitrogen and oxygen atoms in total. The molecule has 0 aliphatic carbocycles. The molecule has 2 unspecified atom stereocenters. The summed E-state index contributed by atoms with van der Waals surface area (Å²) >= 11 is 0. The van der Waals surface area contributed by atoms with E-state index in [0.29, 0.717) is 18.8 Å². The molecule has 2 amide bonds. The van der Waals surface area contributed by atoms with E-state index in [2.05, 4.69) is 34.0 Å². The summed E-state index contributed by atoms with van der Waals surface area (Å²) in [6.07, 6.45) is 1.65. The molecular weight excluding hydrogens is 338 g/mol. The van der Waals surface area contributed by atoms with Crippen molar-refractivity contribution in [3.8, 4) is 0 Å². The van der Waals surface area contributed by atoms with Crippen LogP contribution in [0.5, 0.6) is 0 Å². The van der Waals surface area contributed by atoms with Crippen LogP contribution in [0.4, 0.5) is 10.6 Å². The minimum atomic E-state index is -0.912. The van der Waals surface area contributed by atoms with E-state index in [-0.39, 0.29) is 18.0 Å². The highest BCUT2D eigenvalue weighted by molar-refractivity contribution is 7.84. The Morgan fingerprint density at radius 1 is 1.24 bits per heavy atom. The third-order valence-electron chi connectivity index (χ3n) is 4.12. The van der Waals surface area contributed by atoms with Crippen molar-refractivity contribution in [1.82, 2.24) is 20.2 Å². The van der Waals surface area contributed by atoms with Gasteiger partial charge in [0.05, 0.1) is 0 Å². The van der Waals surface area contributed by atoms with Crippen LogP contribution in [0.1, 0.15) is 38.2 Å². The van der Waals surface area contributed by atoms with E-state index in [1.165, 1.54) is 0 Å². The quantitative estimate of drug-likeness (QED) is 0.853. The van der Waals surface area contributed by atoms with Crippen LogP contribution >= 0.6 is 0 Å². The summed E-state index contributed by atoms with van der Waals surface area (Å²) in [6.45, 7) is 10.8. The zero-order valence-electron chi connectivity index (χ0n) is 15.8. The Kier molecular flexibility index (Phi) is 6.75. The number of rotatable bonds is 5. The molecule has 0 spiro atoms. The summed E-state index contributed by atoms with van der Waals surface area (Å²) in [5, 5.41) is 2.92. The van der Waals surface area contributed by atoms with Crippen molar-refractivity contribution in [2.45, 2.75) is 39.7 Å². The topological polar surface area (TPSA) is 78.4 Å². The Balaban J connectivity index is 1.93. The van der Waals surface area contributed by atoms with Gasteiger partial charge in [-0.1, -0.05) is 13.8 Å². The SMILES string of the molecule is Cc1cc(N2CCN(C(=O)NC(C)CS(C)=O)CC2)nc(C(C)C)n1. The molecule has 1 N–H and O–H groups in total. The van der Waals surface area contributed by atoms with Crippen molar-refractivity contribution in [3.63, 3.8) is 0 Å². The van der Waals surface area contributed by atoms with E-state index in [9.17, 15) is 9.00 Å². The minimum absolute atomic E-state index is 0.0839. The lowest BCUT2D eigenvalue weighted by Crippen LogP contribution is -2.54. The molecule has 1 aromatic heterocycles. The number of nitrogens with zero attached hydrogens (tertiary/aromatic N) is 4. The monoisotopic (exact) mass is 367 g/mol. The maximum atomic E-state index is 12.3. The number of carbonyl (C=O) groups excluding carboxylic acids is 1. The standard InChI is InChI=1S/C17H29N5O2S/c1-12(2)16-18-13(3)10-15(20-16)21-6-8-22(9-7-21)17(23)19-14(4)11-25(5)24/h10,12,14H,6-9,11H2,1-5H3,(H,19,23). The van der Waals surface area contributed by atoms with Gasteiger partial charge in [0, 0.05) is 72.7 Å². The average Bonchev–Trinajstić information content (AvgIpc) is 2.53. The molecule has 140 valence electrons. The fourth-order valence-corrected chi connectivity index (χ4v) is 3.62. The number of carbonyl (C=O) groups is 1. The van der Waals surface area contributed by atoms with Crippen molar-refractivity contribution in [2.75, 3.05) is 43.1 Å². The smallest absolute Gasteiger partial charge is 0.317 e. The minimum Gasteiger partial charge on any atom is -0.353 e. The highest BCUT2D eigenvalue weighted by Gasteiger charge is 2.23. The number of hydrogen-bond acceptors (Lipinski definition) is 5. The lowest BCUT2D eigenvalue weighted by Gasteiger charge is -2.36. The van der Waals surface area contributed by atoms with E-state index in [0.717, 1.165) is 30.4 Å². The van der Waals surface area contributed by atoms with Crippen molar-refractivity contribution in [1.29, 1.82) is 0 Å². The average molecular weight is 368 g/mol. The van der Waals surface area contributed by atoms with Gasteiger partial charge in [-0.15, -0.1) is 0 Å². The molecular formula is C17H29N5O2S. The summed E-state index contributed by atoms with van der Waals surface area (Å²) in [5.41, 5.74) is 0.968. The van der Waals surface area contributed by atoms with Crippen molar-refractivity contribution < 1.29 is 9.00 Å². The molecule has 2 heterocycles. The Labute approximate surface area is 152 Å². The molecule has 0 aromatic carbocycles. The van der Waals surface area contributed by atoms with E-state index in [4.69, 9.17) is 0 Å². The number of aryl methyl sites for hydroxylation is 1. The molecule has 8 heteroatoms. The highest BCUT2D eigenvalue weighted by Crippen LogP contribution is 2.18. The Hall–Kier alpha value is -1.70. The van der Waals surface area contributed by atoms with Gasteiger partial charge in [0.1, 0.15) is 11.6 Å². The summed E-state index contributed by atoms with van der Waals surface area (Å²) in [5.74, 6) is 2.56. The number of nitrogens with one attached hydrogen (secondary N) is 1. The molecule has 0 bridgehead atoms. The molecule has 1 saturated heterocycles. The maximum Gasteiger partial charge on any atom is 0.317 e. The van der Waals surface area contributed by atoms with Gasteiger partial charge in [-0.25, -0.2) is 14.8 Å². The van der Waals surface area contributed by atoms with Crippen LogP contribution in [0.2, 0.25) is 0 Å². The van der Waals surface area contributed by atoms with Crippen LogP contribution in [0, 0.1) is 6.92 Å². The molecule has 1 aliphatic heterocycles. The van der Waals surface area contributed by atoms with Crippen molar-refractivity contribution >= 4 is 22.6 Å². The van der Waals surface area contributed by atoms with Crippen LogP contribution in [0.15, 0.2) is 6.07 Å². The maximum absolute atomic E-state index is 12.3. The second-order valence-electron chi connectivity index (χ2n) is 6.94. The van der Waals surface area contributed by atoms with Crippen LogP contribution in [0.25, 0.3) is 0 Å². The zero-order valence-corrected chi connectivity index (χ0v) is 16.6. The number of aromatic nitrogens is 2. The second kappa shape index (κ2) is 8.60.